The third-order valence-electron chi connectivity index (χ3n) is 4.27. The SMILES string of the molecule is N#Cc1ccccc1S(=O)(=O)N1CCN(S(=O)(=O)c2ccc(Cl)cc2)CC1. The minimum absolute atomic E-state index is 0.00885. The number of sulfonamides is 2. The third kappa shape index (κ3) is 3.85. The van der Waals surface area contributed by atoms with Gasteiger partial charge in [-0.25, -0.2) is 16.8 Å². The van der Waals surface area contributed by atoms with Gasteiger partial charge in [-0.3, -0.25) is 0 Å². The van der Waals surface area contributed by atoms with E-state index in [9.17, 15) is 16.8 Å². The Morgan fingerprint density at radius 3 is 1.89 bits per heavy atom. The van der Waals surface area contributed by atoms with Crippen molar-refractivity contribution in [1.29, 1.82) is 5.26 Å². The van der Waals surface area contributed by atoms with Crippen LogP contribution < -0.4 is 0 Å². The molecule has 0 aromatic heterocycles. The van der Waals surface area contributed by atoms with E-state index < -0.39 is 20.0 Å². The van der Waals surface area contributed by atoms with Crippen LogP contribution in [0.2, 0.25) is 5.02 Å². The number of halogens is 1. The number of benzene rings is 2. The fraction of sp³-hybridized carbons (Fsp3) is 0.235. The summed E-state index contributed by atoms with van der Waals surface area (Å²) in [5.74, 6) is 0. The number of piperazine rings is 1. The van der Waals surface area contributed by atoms with E-state index >= 15 is 0 Å². The Morgan fingerprint density at radius 1 is 0.815 bits per heavy atom. The van der Waals surface area contributed by atoms with Crippen molar-refractivity contribution in [1.82, 2.24) is 8.61 Å². The van der Waals surface area contributed by atoms with Gasteiger partial charge in [0.1, 0.15) is 6.07 Å². The van der Waals surface area contributed by atoms with Crippen LogP contribution in [-0.4, -0.2) is 51.6 Å². The van der Waals surface area contributed by atoms with Crippen molar-refractivity contribution in [2.75, 3.05) is 26.2 Å². The van der Waals surface area contributed by atoms with E-state index in [2.05, 4.69) is 0 Å². The van der Waals surface area contributed by atoms with E-state index in [0.717, 1.165) is 0 Å². The van der Waals surface area contributed by atoms with Gasteiger partial charge in [0.25, 0.3) is 0 Å². The molecule has 1 aliphatic heterocycles. The van der Waals surface area contributed by atoms with Gasteiger partial charge in [-0.1, -0.05) is 23.7 Å². The van der Waals surface area contributed by atoms with Crippen molar-refractivity contribution in [3.8, 4) is 6.07 Å². The number of nitrogens with zero attached hydrogens (tertiary/aromatic N) is 3. The first kappa shape index (κ1) is 19.8. The molecule has 0 spiro atoms. The molecule has 10 heteroatoms. The molecule has 3 rings (SSSR count). The summed E-state index contributed by atoms with van der Waals surface area (Å²) < 4.78 is 53.5. The number of rotatable bonds is 4. The van der Waals surface area contributed by atoms with Crippen molar-refractivity contribution in [2.45, 2.75) is 9.79 Å². The minimum atomic E-state index is -3.87. The Bertz CT molecular complexity index is 1090. The van der Waals surface area contributed by atoms with Crippen LogP contribution in [0.1, 0.15) is 5.56 Å². The van der Waals surface area contributed by atoms with Crippen molar-refractivity contribution >= 4 is 31.6 Å². The lowest BCUT2D eigenvalue weighted by molar-refractivity contribution is 0.273. The summed E-state index contributed by atoms with van der Waals surface area (Å²) in [6.07, 6.45) is 0. The monoisotopic (exact) mass is 425 g/mol. The molecule has 2 aromatic rings. The van der Waals surface area contributed by atoms with Crippen molar-refractivity contribution in [3.63, 3.8) is 0 Å². The maximum atomic E-state index is 12.8. The van der Waals surface area contributed by atoms with E-state index in [1.807, 2.05) is 6.07 Å². The first-order valence-corrected chi connectivity index (χ1v) is 11.3. The van der Waals surface area contributed by atoms with Crippen LogP contribution in [-0.2, 0) is 20.0 Å². The van der Waals surface area contributed by atoms with E-state index in [0.29, 0.717) is 5.02 Å². The summed E-state index contributed by atoms with van der Waals surface area (Å²) in [5.41, 5.74) is 0.0636. The van der Waals surface area contributed by atoms with Gasteiger partial charge in [-0.05, 0) is 36.4 Å². The molecule has 142 valence electrons. The normalized spacial score (nSPS) is 16.7. The largest absolute Gasteiger partial charge is 0.244 e. The zero-order valence-electron chi connectivity index (χ0n) is 14.1. The Kier molecular flexibility index (Phi) is 5.55. The van der Waals surface area contributed by atoms with Gasteiger partial charge in [0.15, 0.2) is 0 Å². The lowest BCUT2D eigenvalue weighted by atomic mass is 10.2. The highest BCUT2D eigenvalue weighted by atomic mass is 35.5. The summed E-state index contributed by atoms with van der Waals surface area (Å²) in [6, 6.07) is 13.7. The van der Waals surface area contributed by atoms with Crippen molar-refractivity contribution < 1.29 is 16.8 Å². The van der Waals surface area contributed by atoms with Gasteiger partial charge < -0.3 is 0 Å². The summed E-state index contributed by atoms with van der Waals surface area (Å²) in [5, 5.41) is 9.58. The summed E-state index contributed by atoms with van der Waals surface area (Å²) >= 11 is 5.80. The second-order valence-electron chi connectivity index (χ2n) is 5.87. The standard InChI is InChI=1S/C17H16ClN3O4S2/c18-15-5-7-16(8-6-15)26(22,23)20-9-11-21(12-10-20)27(24,25)17-4-2-1-3-14(17)13-19/h1-8H,9-12H2. The highest BCUT2D eigenvalue weighted by Gasteiger charge is 2.34. The molecule has 0 amide bonds. The molecule has 1 heterocycles. The molecule has 1 fully saturated rings. The summed E-state index contributed by atoms with van der Waals surface area (Å²) in [4.78, 5) is 0.0412. The maximum absolute atomic E-state index is 12.8. The van der Waals surface area contributed by atoms with Crippen molar-refractivity contribution in [3.05, 3.63) is 59.1 Å². The molecular weight excluding hydrogens is 410 g/mol. The summed E-state index contributed by atoms with van der Waals surface area (Å²) in [7, 11) is -7.60. The van der Waals surface area contributed by atoms with Gasteiger partial charge in [0, 0.05) is 31.2 Å². The van der Waals surface area contributed by atoms with Crippen LogP contribution in [0.15, 0.2) is 58.3 Å². The molecule has 0 aliphatic carbocycles. The average Bonchev–Trinajstić information content (AvgIpc) is 2.68. The highest BCUT2D eigenvalue weighted by Crippen LogP contribution is 2.24. The first-order valence-electron chi connectivity index (χ1n) is 8.02. The van der Waals surface area contributed by atoms with Crippen LogP contribution >= 0.6 is 11.6 Å². The first-order chi connectivity index (χ1) is 12.8. The van der Waals surface area contributed by atoms with Gasteiger partial charge in [-0.15, -0.1) is 0 Å². The number of hydrogen-bond acceptors (Lipinski definition) is 5. The molecule has 1 aliphatic rings. The zero-order chi connectivity index (χ0) is 19.7. The fourth-order valence-electron chi connectivity index (χ4n) is 2.83. The Hall–Kier alpha value is -1.96. The van der Waals surface area contributed by atoms with Crippen LogP contribution in [0.3, 0.4) is 0 Å². The molecule has 0 unspecified atom stereocenters. The van der Waals surface area contributed by atoms with Crippen LogP contribution in [0, 0.1) is 11.3 Å². The quantitative estimate of drug-likeness (QED) is 0.745. The molecule has 2 aromatic carbocycles. The predicted molar refractivity (Wildman–Crippen MR) is 100 cm³/mol. The van der Waals surface area contributed by atoms with Crippen LogP contribution in [0.25, 0.3) is 0 Å². The summed E-state index contributed by atoms with van der Waals surface area (Å²) in [6.45, 7) is 0.0711. The van der Waals surface area contributed by atoms with Gasteiger partial charge in [-0.2, -0.15) is 13.9 Å². The van der Waals surface area contributed by atoms with Crippen LogP contribution in [0.5, 0.6) is 0 Å². The van der Waals surface area contributed by atoms with E-state index in [4.69, 9.17) is 16.9 Å². The van der Waals surface area contributed by atoms with Gasteiger partial charge >= 0.3 is 0 Å². The smallest absolute Gasteiger partial charge is 0.207 e. The third-order valence-corrected chi connectivity index (χ3v) is 8.40. The molecule has 0 bridgehead atoms. The lowest BCUT2D eigenvalue weighted by Crippen LogP contribution is -2.50. The molecule has 0 atom stereocenters. The highest BCUT2D eigenvalue weighted by molar-refractivity contribution is 7.89. The second-order valence-corrected chi connectivity index (χ2v) is 10.2. The van der Waals surface area contributed by atoms with E-state index in [1.165, 1.54) is 45.0 Å². The zero-order valence-corrected chi connectivity index (χ0v) is 16.5. The molecule has 7 nitrogen and oxygen atoms in total. The lowest BCUT2D eigenvalue weighted by Gasteiger charge is -2.33. The van der Waals surface area contributed by atoms with Crippen molar-refractivity contribution in [2.24, 2.45) is 0 Å². The Morgan fingerprint density at radius 2 is 1.33 bits per heavy atom. The minimum Gasteiger partial charge on any atom is -0.207 e. The van der Waals surface area contributed by atoms with Gasteiger partial charge in [0.2, 0.25) is 20.0 Å². The fourth-order valence-corrected chi connectivity index (χ4v) is 5.94. The van der Waals surface area contributed by atoms with E-state index in [-0.39, 0.29) is 41.5 Å². The topological polar surface area (TPSA) is 98.5 Å². The molecular formula is C17H16ClN3O4S2. The second kappa shape index (κ2) is 7.58. The van der Waals surface area contributed by atoms with E-state index in [1.54, 1.807) is 12.1 Å². The number of nitriles is 1. The molecule has 0 radical (unpaired) electrons. The molecule has 1 saturated heterocycles. The number of hydrogen-bond donors (Lipinski definition) is 0. The average molecular weight is 426 g/mol. The predicted octanol–water partition coefficient (Wildman–Crippen LogP) is 1.91. The molecule has 27 heavy (non-hydrogen) atoms. The molecule has 0 N–H and O–H groups in total. The Balaban J connectivity index is 1.79. The maximum Gasteiger partial charge on any atom is 0.244 e. The van der Waals surface area contributed by atoms with Gasteiger partial charge in [0.05, 0.1) is 15.4 Å². The molecule has 0 saturated carbocycles. The van der Waals surface area contributed by atoms with Crippen LogP contribution in [0.4, 0.5) is 0 Å². The Labute approximate surface area is 163 Å².